The summed E-state index contributed by atoms with van der Waals surface area (Å²) in [5.74, 6) is 0.289. The molecule has 0 saturated heterocycles. The number of hydrogen-bond acceptors (Lipinski definition) is 2. The molecule has 1 N–H and O–H groups in total. The molecule has 19 heavy (non-hydrogen) atoms. The summed E-state index contributed by atoms with van der Waals surface area (Å²) in [5.41, 5.74) is 2.32. The van der Waals surface area contributed by atoms with E-state index in [0.29, 0.717) is 0 Å². The largest absolute Gasteiger partial charge is 0.312 e. The van der Waals surface area contributed by atoms with Crippen molar-refractivity contribution in [3.8, 4) is 0 Å². The summed E-state index contributed by atoms with van der Waals surface area (Å²) < 4.78 is 2.19. The number of likely N-dealkylation sites (N-methyl/N-ethyl adjacent to an activating group) is 1. The summed E-state index contributed by atoms with van der Waals surface area (Å²) in [6.07, 6.45) is 1.84. The van der Waals surface area contributed by atoms with E-state index in [2.05, 4.69) is 67.3 Å². The summed E-state index contributed by atoms with van der Waals surface area (Å²) in [6.45, 7) is 2.19. The Labute approximate surface area is 130 Å². The van der Waals surface area contributed by atoms with Crippen molar-refractivity contribution in [3.05, 3.63) is 62.8 Å². The predicted octanol–water partition coefficient (Wildman–Crippen LogP) is 4.67. The van der Waals surface area contributed by atoms with Gasteiger partial charge in [0.05, 0.1) is 0 Å². The van der Waals surface area contributed by atoms with Crippen LogP contribution in [0.25, 0.3) is 0 Å². The van der Waals surface area contributed by atoms with Gasteiger partial charge in [0.2, 0.25) is 0 Å². The second-order valence-corrected chi connectivity index (χ2v) is 6.25. The van der Waals surface area contributed by atoms with Crippen molar-refractivity contribution >= 4 is 31.9 Å². The number of rotatable bonds is 4. The summed E-state index contributed by atoms with van der Waals surface area (Å²) in [4.78, 5) is 4.46. The number of benzene rings is 1. The minimum Gasteiger partial charge on any atom is -0.312 e. The van der Waals surface area contributed by atoms with E-state index in [1.54, 1.807) is 0 Å². The first-order valence-electron chi connectivity index (χ1n) is 6.16. The molecule has 0 aliphatic rings. The fraction of sp³-hybridized carbons (Fsp3) is 0.267. The van der Waals surface area contributed by atoms with Gasteiger partial charge in [0.15, 0.2) is 0 Å². The van der Waals surface area contributed by atoms with Gasteiger partial charge in [0, 0.05) is 32.8 Å². The number of hydrogen-bond donors (Lipinski definition) is 1. The van der Waals surface area contributed by atoms with Gasteiger partial charge in [-0.3, -0.25) is 4.98 Å². The lowest BCUT2D eigenvalue weighted by Gasteiger charge is -2.25. The van der Waals surface area contributed by atoms with Crippen LogP contribution in [0.1, 0.15) is 30.1 Å². The quantitative estimate of drug-likeness (QED) is 0.829. The third-order valence-electron chi connectivity index (χ3n) is 3.26. The number of pyridine rings is 1. The molecule has 4 heteroatoms. The predicted molar refractivity (Wildman–Crippen MR) is 86.3 cm³/mol. The Balaban J connectivity index is 2.37. The van der Waals surface area contributed by atoms with E-state index in [0.717, 1.165) is 14.6 Å². The van der Waals surface area contributed by atoms with Gasteiger partial charge in [-0.05, 0) is 42.9 Å². The number of nitrogens with one attached hydrogen (secondary N) is 1. The van der Waals surface area contributed by atoms with E-state index in [4.69, 9.17) is 0 Å². The SMILES string of the molecule is CNC(c1cc(Br)ccc1Br)C(C)c1ccccn1. The van der Waals surface area contributed by atoms with Crippen LogP contribution in [-0.4, -0.2) is 12.0 Å². The Morgan fingerprint density at radius 2 is 1.95 bits per heavy atom. The van der Waals surface area contributed by atoms with E-state index >= 15 is 0 Å². The standard InChI is InChI=1S/C15H16Br2N2/c1-10(14-5-3-4-8-19-14)15(18-2)12-9-11(16)6-7-13(12)17/h3-10,15,18H,1-2H3. The van der Waals surface area contributed by atoms with Gasteiger partial charge in [-0.25, -0.2) is 0 Å². The summed E-state index contributed by atoms with van der Waals surface area (Å²) in [7, 11) is 1.98. The second-order valence-electron chi connectivity index (χ2n) is 4.48. The molecule has 0 saturated carbocycles. The Morgan fingerprint density at radius 1 is 1.16 bits per heavy atom. The van der Waals surface area contributed by atoms with Crippen LogP contribution in [0.4, 0.5) is 0 Å². The van der Waals surface area contributed by atoms with E-state index in [9.17, 15) is 0 Å². The van der Waals surface area contributed by atoms with Gasteiger partial charge in [0.25, 0.3) is 0 Å². The maximum absolute atomic E-state index is 4.46. The first-order valence-corrected chi connectivity index (χ1v) is 7.75. The second kappa shape index (κ2) is 6.64. The van der Waals surface area contributed by atoms with E-state index < -0.39 is 0 Å². The Kier molecular flexibility index (Phi) is 5.13. The highest BCUT2D eigenvalue weighted by atomic mass is 79.9. The zero-order chi connectivity index (χ0) is 13.8. The molecule has 0 aliphatic carbocycles. The van der Waals surface area contributed by atoms with Crippen LogP contribution in [0.2, 0.25) is 0 Å². The Hall–Kier alpha value is -0.710. The van der Waals surface area contributed by atoms with Gasteiger partial charge in [-0.1, -0.05) is 44.8 Å². The van der Waals surface area contributed by atoms with Gasteiger partial charge in [-0.15, -0.1) is 0 Å². The highest BCUT2D eigenvalue weighted by molar-refractivity contribution is 9.11. The maximum Gasteiger partial charge on any atom is 0.0450 e. The number of aromatic nitrogens is 1. The van der Waals surface area contributed by atoms with Gasteiger partial charge in [0.1, 0.15) is 0 Å². The van der Waals surface area contributed by atoms with Crippen molar-refractivity contribution in [3.63, 3.8) is 0 Å². The lowest BCUT2D eigenvalue weighted by molar-refractivity contribution is 0.497. The van der Waals surface area contributed by atoms with E-state index in [1.165, 1.54) is 5.56 Å². The molecule has 0 fully saturated rings. The molecular weight excluding hydrogens is 368 g/mol. The molecule has 2 nitrogen and oxygen atoms in total. The van der Waals surface area contributed by atoms with Crippen molar-refractivity contribution in [1.82, 2.24) is 10.3 Å². The van der Waals surface area contributed by atoms with Crippen LogP contribution in [0.5, 0.6) is 0 Å². The lowest BCUT2D eigenvalue weighted by Crippen LogP contribution is -2.23. The summed E-state index contributed by atoms with van der Waals surface area (Å²) >= 11 is 7.17. The molecule has 2 aromatic rings. The average molecular weight is 384 g/mol. The van der Waals surface area contributed by atoms with Crippen LogP contribution in [0.15, 0.2) is 51.5 Å². The molecule has 0 aliphatic heterocycles. The molecule has 2 atom stereocenters. The highest BCUT2D eigenvalue weighted by Gasteiger charge is 2.22. The third kappa shape index (κ3) is 3.44. The Morgan fingerprint density at radius 3 is 2.58 bits per heavy atom. The molecule has 1 aromatic carbocycles. The minimum absolute atomic E-state index is 0.210. The van der Waals surface area contributed by atoms with Crippen molar-refractivity contribution in [2.24, 2.45) is 0 Å². The molecule has 0 amide bonds. The first kappa shape index (κ1) is 14.7. The topological polar surface area (TPSA) is 24.9 Å². The van der Waals surface area contributed by atoms with Crippen LogP contribution < -0.4 is 5.32 Å². The fourth-order valence-corrected chi connectivity index (χ4v) is 3.12. The average Bonchev–Trinajstić information content (AvgIpc) is 2.44. The van der Waals surface area contributed by atoms with E-state index in [1.807, 2.05) is 31.4 Å². The summed E-state index contributed by atoms with van der Waals surface area (Å²) in [5, 5.41) is 3.39. The highest BCUT2D eigenvalue weighted by Crippen LogP contribution is 2.34. The van der Waals surface area contributed by atoms with Crippen LogP contribution in [0.3, 0.4) is 0 Å². The van der Waals surface area contributed by atoms with Crippen LogP contribution in [-0.2, 0) is 0 Å². The summed E-state index contributed by atoms with van der Waals surface area (Å²) in [6, 6.07) is 12.5. The molecule has 100 valence electrons. The Bertz CT molecular complexity index is 543. The van der Waals surface area contributed by atoms with Crippen molar-refractivity contribution in [2.75, 3.05) is 7.05 Å². The first-order chi connectivity index (χ1) is 9.13. The molecule has 1 aromatic heterocycles. The monoisotopic (exact) mass is 382 g/mol. The molecule has 0 spiro atoms. The molecule has 0 radical (unpaired) electrons. The molecule has 1 heterocycles. The number of nitrogens with zero attached hydrogens (tertiary/aromatic N) is 1. The smallest absolute Gasteiger partial charge is 0.0450 e. The zero-order valence-electron chi connectivity index (χ0n) is 10.9. The van der Waals surface area contributed by atoms with Crippen molar-refractivity contribution in [1.29, 1.82) is 0 Å². The third-order valence-corrected chi connectivity index (χ3v) is 4.47. The molecular formula is C15H16Br2N2. The van der Waals surface area contributed by atoms with E-state index in [-0.39, 0.29) is 12.0 Å². The minimum atomic E-state index is 0.210. The van der Waals surface area contributed by atoms with Gasteiger partial charge in [-0.2, -0.15) is 0 Å². The fourth-order valence-electron chi connectivity index (χ4n) is 2.24. The molecule has 2 rings (SSSR count). The van der Waals surface area contributed by atoms with Crippen molar-refractivity contribution in [2.45, 2.75) is 18.9 Å². The maximum atomic E-state index is 4.46. The van der Waals surface area contributed by atoms with Gasteiger partial charge < -0.3 is 5.32 Å². The molecule has 0 bridgehead atoms. The van der Waals surface area contributed by atoms with Crippen LogP contribution in [0, 0.1) is 0 Å². The number of halogens is 2. The zero-order valence-corrected chi connectivity index (χ0v) is 14.1. The lowest BCUT2D eigenvalue weighted by atomic mass is 9.91. The molecule has 2 unspecified atom stereocenters. The van der Waals surface area contributed by atoms with Crippen molar-refractivity contribution < 1.29 is 0 Å². The van der Waals surface area contributed by atoms with Crippen LogP contribution >= 0.6 is 31.9 Å². The normalized spacial score (nSPS) is 14.1. The van der Waals surface area contributed by atoms with Gasteiger partial charge >= 0.3 is 0 Å².